The molecule has 0 aliphatic rings. The van der Waals surface area contributed by atoms with Crippen LogP contribution in [0.2, 0.25) is 0 Å². The number of hydrogen-bond acceptors (Lipinski definition) is 3. The third-order valence-electron chi connectivity index (χ3n) is 4.94. The molecular formula is C21H32O4. The fourth-order valence-electron chi connectivity index (χ4n) is 2.97. The highest BCUT2D eigenvalue weighted by atomic mass is 16.5. The quantitative estimate of drug-likeness (QED) is 0.532. The lowest BCUT2D eigenvalue weighted by atomic mass is 9.87. The van der Waals surface area contributed by atoms with E-state index < -0.39 is 5.97 Å². The van der Waals surface area contributed by atoms with Gasteiger partial charge >= 0.3 is 11.9 Å². The zero-order chi connectivity index (χ0) is 18.8. The van der Waals surface area contributed by atoms with Crippen molar-refractivity contribution in [2.24, 2.45) is 11.8 Å². The maximum Gasteiger partial charge on any atom is 0.338 e. The molecule has 0 amide bonds. The topological polar surface area (TPSA) is 63.6 Å². The maximum absolute atomic E-state index is 12.5. The molecule has 0 saturated heterocycles. The van der Waals surface area contributed by atoms with Gasteiger partial charge < -0.3 is 9.84 Å². The summed E-state index contributed by atoms with van der Waals surface area (Å²) in [7, 11) is 0. The molecule has 0 aliphatic carbocycles. The van der Waals surface area contributed by atoms with Gasteiger partial charge in [-0.1, -0.05) is 47.0 Å². The fraction of sp³-hybridized carbons (Fsp3) is 0.619. The van der Waals surface area contributed by atoms with Crippen LogP contribution in [0, 0.1) is 11.8 Å². The van der Waals surface area contributed by atoms with Crippen LogP contribution in [0.3, 0.4) is 0 Å². The van der Waals surface area contributed by atoms with Gasteiger partial charge in [-0.15, -0.1) is 0 Å². The third-order valence-corrected chi connectivity index (χ3v) is 4.94. The molecule has 0 aromatic heterocycles. The van der Waals surface area contributed by atoms with E-state index in [4.69, 9.17) is 9.84 Å². The standard InChI is InChI=1S/C21H32O4/c1-5-8-9-16(7-3)19(14-15(4)6-2)25-21(24)18-12-10-17(11-13-18)20(22)23/h10-13,15-16,19H,5-9,14H2,1-4H3,(H,22,23). The lowest BCUT2D eigenvalue weighted by molar-refractivity contribution is 0.00362. The van der Waals surface area contributed by atoms with Crippen molar-refractivity contribution in [1.29, 1.82) is 0 Å². The summed E-state index contributed by atoms with van der Waals surface area (Å²) in [6.45, 7) is 8.67. The second kappa shape index (κ2) is 10.9. The summed E-state index contributed by atoms with van der Waals surface area (Å²) in [5.41, 5.74) is 0.576. The number of carbonyl (C=O) groups excluding carboxylic acids is 1. The van der Waals surface area contributed by atoms with Crippen LogP contribution in [0.1, 0.15) is 86.9 Å². The summed E-state index contributed by atoms with van der Waals surface area (Å²) >= 11 is 0. The molecule has 1 aromatic rings. The van der Waals surface area contributed by atoms with Gasteiger partial charge in [0.1, 0.15) is 6.10 Å². The summed E-state index contributed by atoms with van der Waals surface area (Å²) in [4.78, 5) is 23.5. The highest BCUT2D eigenvalue weighted by Gasteiger charge is 2.26. The lowest BCUT2D eigenvalue weighted by Gasteiger charge is -2.28. The first-order valence-electron chi connectivity index (χ1n) is 9.47. The maximum atomic E-state index is 12.5. The van der Waals surface area contributed by atoms with Crippen LogP contribution < -0.4 is 0 Å². The van der Waals surface area contributed by atoms with Crippen molar-refractivity contribution in [2.75, 3.05) is 0 Å². The highest BCUT2D eigenvalue weighted by molar-refractivity contribution is 5.92. The van der Waals surface area contributed by atoms with Crippen molar-refractivity contribution in [2.45, 2.75) is 72.3 Å². The van der Waals surface area contributed by atoms with Gasteiger partial charge in [0.2, 0.25) is 0 Å². The molecule has 1 aromatic carbocycles. The Morgan fingerprint density at radius 2 is 1.64 bits per heavy atom. The Balaban J connectivity index is 2.86. The summed E-state index contributed by atoms with van der Waals surface area (Å²) in [5.74, 6) is -0.487. The lowest BCUT2D eigenvalue weighted by Crippen LogP contribution is -2.29. The minimum Gasteiger partial charge on any atom is -0.478 e. The Kier molecular flexibility index (Phi) is 9.25. The number of unbranched alkanes of at least 4 members (excludes halogenated alkanes) is 1. The van der Waals surface area contributed by atoms with E-state index in [2.05, 4.69) is 27.7 Å². The van der Waals surface area contributed by atoms with E-state index in [1.165, 1.54) is 24.3 Å². The van der Waals surface area contributed by atoms with Gasteiger partial charge in [-0.25, -0.2) is 9.59 Å². The van der Waals surface area contributed by atoms with Crippen LogP contribution >= 0.6 is 0 Å². The third kappa shape index (κ3) is 6.89. The number of carboxylic acids is 1. The Morgan fingerprint density at radius 3 is 2.12 bits per heavy atom. The minimum absolute atomic E-state index is 0.0850. The largest absolute Gasteiger partial charge is 0.478 e. The van der Waals surface area contributed by atoms with E-state index in [-0.39, 0.29) is 17.6 Å². The number of hydrogen-bond donors (Lipinski definition) is 1. The molecule has 4 nitrogen and oxygen atoms in total. The molecule has 0 aliphatic heterocycles. The molecule has 3 unspecified atom stereocenters. The van der Waals surface area contributed by atoms with Gasteiger partial charge in [-0.2, -0.15) is 0 Å². The number of carbonyl (C=O) groups is 2. The first-order valence-corrected chi connectivity index (χ1v) is 9.47. The van der Waals surface area contributed by atoms with Crippen molar-refractivity contribution >= 4 is 11.9 Å². The Morgan fingerprint density at radius 1 is 1.04 bits per heavy atom. The van der Waals surface area contributed by atoms with Crippen LogP contribution in [0.5, 0.6) is 0 Å². The van der Waals surface area contributed by atoms with Gasteiger partial charge in [0.25, 0.3) is 0 Å². The summed E-state index contributed by atoms with van der Waals surface area (Å²) in [6.07, 6.45) is 6.19. The van der Waals surface area contributed by atoms with Crippen molar-refractivity contribution in [3.8, 4) is 0 Å². The van der Waals surface area contributed by atoms with Gasteiger partial charge in [-0.05, 0) is 55.4 Å². The molecule has 0 saturated carbocycles. The SMILES string of the molecule is CCCCC(CC)C(CC(C)CC)OC(=O)c1ccc(C(=O)O)cc1. The molecule has 3 atom stereocenters. The molecular weight excluding hydrogens is 316 g/mol. The molecule has 0 radical (unpaired) electrons. The number of ether oxygens (including phenoxy) is 1. The summed E-state index contributed by atoms with van der Waals surface area (Å²) < 4.78 is 5.87. The number of carboxylic acid groups (broad SMARTS) is 1. The monoisotopic (exact) mass is 348 g/mol. The van der Waals surface area contributed by atoms with Crippen LogP contribution in [0.4, 0.5) is 0 Å². The zero-order valence-electron chi connectivity index (χ0n) is 16.0. The van der Waals surface area contributed by atoms with Gasteiger partial charge in [-0.3, -0.25) is 0 Å². The number of rotatable bonds is 11. The van der Waals surface area contributed by atoms with Crippen molar-refractivity contribution in [3.05, 3.63) is 35.4 Å². The Hall–Kier alpha value is -1.84. The predicted molar refractivity (Wildman–Crippen MR) is 100.0 cm³/mol. The molecule has 0 heterocycles. The first kappa shape index (κ1) is 21.2. The van der Waals surface area contributed by atoms with Crippen molar-refractivity contribution in [1.82, 2.24) is 0 Å². The second-order valence-corrected chi connectivity index (χ2v) is 6.89. The average molecular weight is 348 g/mol. The van der Waals surface area contributed by atoms with Crippen LogP contribution in [0.15, 0.2) is 24.3 Å². The number of benzene rings is 1. The number of aromatic carboxylic acids is 1. The van der Waals surface area contributed by atoms with E-state index in [1.807, 2.05) is 0 Å². The molecule has 0 bridgehead atoms. The second-order valence-electron chi connectivity index (χ2n) is 6.89. The molecule has 140 valence electrons. The molecule has 1 N–H and O–H groups in total. The van der Waals surface area contributed by atoms with Gasteiger partial charge in [0, 0.05) is 0 Å². The van der Waals surface area contributed by atoms with Crippen molar-refractivity contribution in [3.63, 3.8) is 0 Å². The highest BCUT2D eigenvalue weighted by Crippen LogP contribution is 2.27. The summed E-state index contributed by atoms with van der Waals surface area (Å²) in [5, 5.41) is 8.96. The normalized spacial score (nSPS) is 14.6. The van der Waals surface area contributed by atoms with E-state index in [0.29, 0.717) is 17.4 Å². The molecule has 0 fully saturated rings. The van der Waals surface area contributed by atoms with Crippen LogP contribution in [-0.4, -0.2) is 23.1 Å². The van der Waals surface area contributed by atoms with Crippen molar-refractivity contribution < 1.29 is 19.4 Å². The fourth-order valence-corrected chi connectivity index (χ4v) is 2.97. The Labute approximate surface area is 151 Å². The van der Waals surface area contributed by atoms with Crippen LogP contribution in [-0.2, 0) is 4.74 Å². The number of esters is 1. The Bertz CT molecular complexity index is 535. The minimum atomic E-state index is -1.000. The van der Waals surface area contributed by atoms with Gasteiger partial charge in [0.05, 0.1) is 11.1 Å². The molecule has 0 spiro atoms. The van der Waals surface area contributed by atoms with Crippen LogP contribution in [0.25, 0.3) is 0 Å². The zero-order valence-corrected chi connectivity index (χ0v) is 16.0. The molecule has 25 heavy (non-hydrogen) atoms. The van der Waals surface area contributed by atoms with E-state index in [0.717, 1.165) is 38.5 Å². The predicted octanol–water partition coefficient (Wildman–Crippen LogP) is 5.56. The molecule has 4 heteroatoms. The van der Waals surface area contributed by atoms with E-state index >= 15 is 0 Å². The average Bonchev–Trinajstić information content (AvgIpc) is 2.61. The van der Waals surface area contributed by atoms with E-state index in [9.17, 15) is 9.59 Å². The smallest absolute Gasteiger partial charge is 0.338 e. The van der Waals surface area contributed by atoms with Gasteiger partial charge in [0.15, 0.2) is 0 Å². The molecule has 1 rings (SSSR count). The first-order chi connectivity index (χ1) is 11.9. The summed E-state index contributed by atoms with van der Waals surface area (Å²) in [6, 6.07) is 5.94. The van der Waals surface area contributed by atoms with E-state index in [1.54, 1.807) is 0 Å².